The molecule has 0 spiro atoms. The van der Waals surface area contributed by atoms with Crippen LogP contribution >= 0.6 is 0 Å². The molecule has 242 valence electrons. The largest absolute Gasteiger partial charge is 0.456 e. The molecule has 0 atom stereocenters. The SMILES string of the molecule is c1ccc(-n2c3ccccc3c3cc(-c4ccc5c(c4)c4c6oc7ccccc7c6ccc4n5-c4cccc5oc6ccccc6c45)ccc32)cc1. The van der Waals surface area contributed by atoms with Crippen molar-refractivity contribution in [2.45, 2.75) is 0 Å². The van der Waals surface area contributed by atoms with E-state index in [9.17, 15) is 0 Å². The molecule has 4 heteroatoms. The van der Waals surface area contributed by atoms with Crippen LogP contribution < -0.4 is 0 Å². The maximum absolute atomic E-state index is 6.73. The van der Waals surface area contributed by atoms with Crippen LogP contribution in [0, 0.1) is 0 Å². The second kappa shape index (κ2) is 10.3. The zero-order chi connectivity index (χ0) is 33.9. The second-order valence-electron chi connectivity index (χ2n) is 13.7. The van der Waals surface area contributed by atoms with Gasteiger partial charge in [-0.25, -0.2) is 0 Å². The zero-order valence-corrected chi connectivity index (χ0v) is 27.9. The van der Waals surface area contributed by atoms with Gasteiger partial charge in [0.15, 0.2) is 0 Å². The highest BCUT2D eigenvalue weighted by molar-refractivity contribution is 6.25. The van der Waals surface area contributed by atoms with Crippen LogP contribution in [0.15, 0.2) is 179 Å². The molecule has 0 radical (unpaired) electrons. The number of hydrogen-bond donors (Lipinski definition) is 0. The average Bonchev–Trinajstić information content (AvgIpc) is 3.95. The van der Waals surface area contributed by atoms with Gasteiger partial charge in [-0.2, -0.15) is 0 Å². The van der Waals surface area contributed by atoms with E-state index < -0.39 is 0 Å². The minimum atomic E-state index is 0.873. The Hall–Kier alpha value is -7.04. The number of para-hydroxylation sites is 4. The number of furan rings is 2. The van der Waals surface area contributed by atoms with Crippen LogP contribution in [0.5, 0.6) is 0 Å². The smallest absolute Gasteiger partial charge is 0.145 e. The lowest BCUT2D eigenvalue weighted by molar-refractivity contribution is 0.669. The van der Waals surface area contributed by atoms with Crippen LogP contribution in [0.2, 0.25) is 0 Å². The average molecular weight is 665 g/mol. The molecule has 0 N–H and O–H groups in total. The molecule has 0 saturated heterocycles. The van der Waals surface area contributed by atoms with E-state index in [1.807, 2.05) is 18.2 Å². The molecule has 52 heavy (non-hydrogen) atoms. The van der Waals surface area contributed by atoms with Gasteiger partial charge in [-0.05, 0) is 90.0 Å². The van der Waals surface area contributed by atoms with Gasteiger partial charge in [0.2, 0.25) is 0 Å². The molecule has 0 fully saturated rings. The third-order valence-electron chi connectivity index (χ3n) is 10.9. The highest BCUT2D eigenvalue weighted by atomic mass is 16.3. The van der Waals surface area contributed by atoms with Crippen LogP contribution in [0.1, 0.15) is 0 Å². The number of benzene rings is 8. The standard InChI is InChI=1S/C48H28N2O2/c1-2-11-31(12-3-1)49-38-16-7-4-13-32(38)36-27-29(21-24-39(36)49)30-22-25-40-37(28-30)47-42(26-23-34-33-14-5-8-18-43(33)52-48(34)47)50(40)41-17-10-20-45-46(41)35-15-6-9-19-44(35)51-45/h1-28H. The predicted molar refractivity (Wildman–Crippen MR) is 215 cm³/mol. The Morgan fingerprint density at radius 1 is 0.327 bits per heavy atom. The van der Waals surface area contributed by atoms with Crippen molar-refractivity contribution >= 4 is 87.5 Å². The Kier molecular flexibility index (Phi) is 5.47. The summed E-state index contributed by atoms with van der Waals surface area (Å²) in [5.41, 5.74) is 12.7. The first-order valence-electron chi connectivity index (χ1n) is 17.7. The maximum Gasteiger partial charge on any atom is 0.145 e. The summed E-state index contributed by atoms with van der Waals surface area (Å²) in [6.07, 6.45) is 0. The van der Waals surface area contributed by atoms with E-state index in [0.717, 1.165) is 82.6 Å². The fourth-order valence-electron chi connectivity index (χ4n) is 8.68. The Bertz CT molecular complexity index is 3410. The van der Waals surface area contributed by atoms with Gasteiger partial charge in [-0.1, -0.05) is 91.0 Å². The quantitative estimate of drug-likeness (QED) is 0.188. The zero-order valence-electron chi connectivity index (χ0n) is 27.9. The topological polar surface area (TPSA) is 36.1 Å². The summed E-state index contributed by atoms with van der Waals surface area (Å²) in [5.74, 6) is 0. The highest BCUT2D eigenvalue weighted by Gasteiger charge is 2.22. The Labute approximate surface area is 296 Å². The van der Waals surface area contributed by atoms with E-state index in [4.69, 9.17) is 8.83 Å². The van der Waals surface area contributed by atoms with E-state index in [-0.39, 0.29) is 0 Å². The molecule has 4 aromatic heterocycles. The van der Waals surface area contributed by atoms with E-state index in [0.29, 0.717) is 0 Å². The monoisotopic (exact) mass is 664 g/mol. The van der Waals surface area contributed by atoms with Crippen molar-refractivity contribution in [2.24, 2.45) is 0 Å². The van der Waals surface area contributed by atoms with Gasteiger partial charge in [-0.3, -0.25) is 0 Å². The summed E-state index contributed by atoms with van der Waals surface area (Å²) in [4.78, 5) is 0. The molecule has 4 heterocycles. The molecule has 4 nitrogen and oxygen atoms in total. The number of rotatable bonds is 3. The summed E-state index contributed by atoms with van der Waals surface area (Å²) in [6.45, 7) is 0. The molecule has 0 aliphatic heterocycles. The highest BCUT2D eigenvalue weighted by Crippen LogP contribution is 2.44. The molecule has 12 rings (SSSR count). The summed E-state index contributed by atoms with van der Waals surface area (Å²) >= 11 is 0. The number of aromatic nitrogens is 2. The number of nitrogens with zero attached hydrogens (tertiary/aromatic N) is 2. The van der Waals surface area contributed by atoms with Gasteiger partial charge in [0.05, 0.1) is 38.5 Å². The molecule has 0 unspecified atom stereocenters. The fraction of sp³-hybridized carbons (Fsp3) is 0. The summed E-state index contributed by atoms with van der Waals surface area (Å²) in [7, 11) is 0. The molecule has 0 saturated carbocycles. The van der Waals surface area contributed by atoms with Gasteiger partial charge in [0.1, 0.15) is 22.3 Å². The third kappa shape index (κ3) is 3.70. The van der Waals surface area contributed by atoms with Crippen molar-refractivity contribution in [3.8, 4) is 22.5 Å². The second-order valence-corrected chi connectivity index (χ2v) is 13.7. The molecular formula is C48H28N2O2. The van der Waals surface area contributed by atoms with Crippen molar-refractivity contribution in [3.63, 3.8) is 0 Å². The van der Waals surface area contributed by atoms with Gasteiger partial charge in [-0.15, -0.1) is 0 Å². The fourth-order valence-corrected chi connectivity index (χ4v) is 8.68. The van der Waals surface area contributed by atoms with Crippen LogP contribution in [0.4, 0.5) is 0 Å². The van der Waals surface area contributed by atoms with Crippen LogP contribution in [-0.4, -0.2) is 9.13 Å². The van der Waals surface area contributed by atoms with Crippen LogP contribution in [0.3, 0.4) is 0 Å². The molecule has 12 aromatic rings. The number of fused-ring (bicyclic) bond motifs is 13. The van der Waals surface area contributed by atoms with Gasteiger partial charge in [0, 0.05) is 38.0 Å². The van der Waals surface area contributed by atoms with Crippen molar-refractivity contribution in [3.05, 3.63) is 170 Å². The molecule has 0 amide bonds. The Morgan fingerprint density at radius 3 is 1.77 bits per heavy atom. The first kappa shape index (κ1) is 27.7. The van der Waals surface area contributed by atoms with Crippen molar-refractivity contribution in [2.75, 3.05) is 0 Å². The maximum atomic E-state index is 6.73. The lowest BCUT2D eigenvalue weighted by atomic mass is 10.00. The predicted octanol–water partition coefficient (Wildman–Crippen LogP) is 13.3. The van der Waals surface area contributed by atoms with E-state index in [1.165, 1.54) is 27.4 Å². The van der Waals surface area contributed by atoms with Gasteiger partial charge < -0.3 is 18.0 Å². The normalized spacial score (nSPS) is 12.2. The van der Waals surface area contributed by atoms with E-state index >= 15 is 0 Å². The summed E-state index contributed by atoms with van der Waals surface area (Å²) < 4.78 is 17.8. The molecule has 0 aliphatic rings. The van der Waals surface area contributed by atoms with Crippen molar-refractivity contribution in [1.29, 1.82) is 0 Å². The molecular weight excluding hydrogens is 637 g/mol. The van der Waals surface area contributed by atoms with Crippen LogP contribution in [-0.2, 0) is 0 Å². The van der Waals surface area contributed by atoms with Gasteiger partial charge in [0.25, 0.3) is 0 Å². The Balaban J connectivity index is 1.16. The Morgan fingerprint density at radius 2 is 0.942 bits per heavy atom. The van der Waals surface area contributed by atoms with Gasteiger partial charge >= 0.3 is 0 Å². The van der Waals surface area contributed by atoms with Crippen molar-refractivity contribution < 1.29 is 8.83 Å². The first-order chi connectivity index (χ1) is 25.8. The lowest BCUT2D eigenvalue weighted by Crippen LogP contribution is -1.94. The first-order valence-corrected chi connectivity index (χ1v) is 17.7. The minimum Gasteiger partial charge on any atom is -0.456 e. The van der Waals surface area contributed by atoms with Crippen molar-refractivity contribution in [1.82, 2.24) is 9.13 Å². The summed E-state index contributed by atoms with van der Waals surface area (Å²) in [5, 5.41) is 9.18. The molecule has 8 aromatic carbocycles. The number of hydrogen-bond acceptors (Lipinski definition) is 2. The lowest BCUT2D eigenvalue weighted by Gasteiger charge is -2.10. The molecule has 0 bridgehead atoms. The van der Waals surface area contributed by atoms with E-state index in [2.05, 4.69) is 161 Å². The molecule has 0 aliphatic carbocycles. The minimum absolute atomic E-state index is 0.873. The van der Waals surface area contributed by atoms with E-state index in [1.54, 1.807) is 0 Å². The van der Waals surface area contributed by atoms with Crippen LogP contribution in [0.25, 0.3) is 110 Å². The summed E-state index contributed by atoms with van der Waals surface area (Å²) in [6, 6.07) is 60.6. The third-order valence-corrected chi connectivity index (χ3v) is 10.9.